The molecule has 1 heterocycles. The first-order chi connectivity index (χ1) is 8.99. The number of nitrogens with one attached hydrogen (secondary N) is 1. The Hall–Kier alpha value is -2.56. The minimum atomic E-state index is -0.587. The molecule has 2 aromatic rings. The largest absolute Gasteiger partial charge is 0.466 e. The highest BCUT2D eigenvalue weighted by molar-refractivity contribution is 6.09. The standard InChI is InChI=1S/C14H14N2O3/c1-8-7-11(9(2)19-8)14(18)16-12-6-4-3-5-10(12)13(15)17/h3-7H,1-2H3,(H2,15,17)(H,16,18). The lowest BCUT2D eigenvalue weighted by Gasteiger charge is -2.07. The molecular formula is C14H14N2O3. The quantitative estimate of drug-likeness (QED) is 0.885. The SMILES string of the molecule is Cc1cc(C(=O)Nc2ccccc2C(N)=O)c(C)o1. The van der Waals surface area contributed by atoms with E-state index in [9.17, 15) is 9.59 Å². The predicted molar refractivity (Wildman–Crippen MR) is 71.1 cm³/mol. The van der Waals surface area contributed by atoms with E-state index in [0.29, 0.717) is 22.8 Å². The zero-order valence-corrected chi connectivity index (χ0v) is 10.7. The lowest BCUT2D eigenvalue weighted by molar-refractivity contribution is 0.100. The number of benzene rings is 1. The second kappa shape index (κ2) is 4.97. The third-order valence-electron chi connectivity index (χ3n) is 2.73. The van der Waals surface area contributed by atoms with Crippen molar-refractivity contribution in [2.45, 2.75) is 13.8 Å². The number of furan rings is 1. The number of anilines is 1. The number of rotatable bonds is 3. The smallest absolute Gasteiger partial charge is 0.259 e. The highest BCUT2D eigenvalue weighted by Crippen LogP contribution is 2.18. The van der Waals surface area contributed by atoms with E-state index in [-0.39, 0.29) is 11.5 Å². The van der Waals surface area contributed by atoms with Gasteiger partial charge in [0, 0.05) is 0 Å². The van der Waals surface area contributed by atoms with Crippen LogP contribution in [0.5, 0.6) is 0 Å². The summed E-state index contributed by atoms with van der Waals surface area (Å²) < 4.78 is 5.30. The van der Waals surface area contributed by atoms with Crippen LogP contribution >= 0.6 is 0 Å². The maximum atomic E-state index is 12.1. The van der Waals surface area contributed by atoms with E-state index < -0.39 is 5.91 Å². The van der Waals surface area contributed by atoms with Crippen LogP contribution < -0.4 is 11.1 Å². The third-order valence-corrected chi connectivity index (χ3v) is 2.73. The van der Waals surface area contributed by atoms with Crippen LogP contribution in [0.1, 0.15) is 32.2 Å². The molecule has 1 aromatic heterocycles. The van der Waals surface area contributed by atoms with Crippen LogP contribution in [0.2, 0.25) is 0 Å². The Bertz CT molecular complexity index is 644. The molecule has 1 aromatic carbocycles. The minimum absolute atomic E-state index is 0.272. The van der Waals surface area contributed by atoms with Crippen molar-refractivity contribution in [1.29, 1.82) is 0 Å². The zero-order valence-electron chi connectivity index (χ0n) is 10.7. The molecule has 0 spiro atoms. The number of para-hydroxylation sites is 1. The molecule has 3 N–H and O–H groups in total. The van der Waals surface area contributed by atoms with Gasteiger partial charge in [-0.1, -0.05) is 12.1 Å². The fourth-order valence-electron chi connectivity index (χ4n) is 1.85. The Morgan fingerprint density at radius 1 is 1.16 bits per heavy atom. The Kier molecular flexibility index (Phi) is 3.37. The van der Waals surface area contributed by atoms with Crippen LogP contribution in [0.3, 0.4) is 0 Å². The monoisotopic (exact) mass is 258 g/mol. The number of primary amides is 1. The van der Waals surface area contributed by atoms with Crippen molar-refractivity contribution >= 4 is 17.5 Å². The zero-order chi connectivity index (χ0) is 14.0. The second-order valence-electron chi connectivity index (χ2n) is 4.19. The molecule has 0 bridgehead atoms. The van der Waals surface area contributed by atoms with Gasteiger partial charge in [-0.3, -0.25) is 9.59 Å². The summed E-state index contributed by atoms with van der Waals surface area (Å²) in [6.45, 7) is 3.48. The van der Waals surface area contributed by atoms with Crippen LogP contribution in [-0.4, -0.2) is 11.8 Å². The molecule has 2 rings (SSSR count). The van der Waals surface area contributed by atoms with Crippen molar-refractivity contribution in [3.05, 3.63) is 53.0 Å². The summed E-state index contributed by atoms with van der Waals surface area (Å²) in [6, 6.07) is 8.24. The molecule has 0 aliphatic carbocycles. The summed E-state index contributed by atoms with van der Waals surface area (Å²) in [5.74, 6) is 0.274. The lowest BCUT2D eigenvalue weighted by Crippen LogP contribution is -2.18. The molecule has 2 amide bonds. The van der Waals surface area contributed by atoms with Crippen molar-refractivity contribution in [1.82, 2.24) is 0 Å². The van der Waals surface area contributed by atoms with Crippen LogP contribution in [0.15, 0.2) is 34.7 Å². The molecule has 0 aliphatic heterocycles. The predicted octanol–water partition coefficient (Wildman–Crippen LogP) is 2.25. The van der Waals surface area contributed by atoms with Crippen LogP contribution in [0.4, 0.5) is 5.69 Å². The first-order valence-electron chi connectivity index (χ1n) is 5.76. The number of carbonyl (C=O) groups is 2. The molecular weight excluding hydrogens is 244 g/mol. The van der Waals surface area contributed by atoms with E-state index in [1.54, 1.807) is 44.2 Å². The number of aryl methyl sites for hydroxylation is 2. The molecule has 0 saturated heterocycles. The summed E-state index contributed by atoms with van der Waals surface area (Å²) in [6.07, 6.45) is 0. The van der Waals surface area contributed by atoms with E-state index in [1.165, 1.54) is 0 Å². The average Bonchev–Trinajstić information content (AvgIpc) is 2.69. The van der Waals surface area contributed by atoms with Gasteiger partial charge in [0.15, 0.2) is 0 Å². The van der Waals surface area contributed by atoms with Crippen LogP contribution in [0, 0.1) is 13.8 Å². The number of amides is 2. The number of carbonyl (C=O) groups excluding carboxylic acids is 2. The number of nitrogens with two attached hydrogens (primary N) is 1. The Morgan fingerprint density at radius 3 is 2.42 bits per heavy atom. The van der Waals surface area contributed by atoms with Crippen molar-refractivity contribution in [2.75, 3.05) is 5.32 Å². The van der Waals surface area contributed by atoms with Crippen molar-refractivity contribution in [2.24, 2.45) is 5.73 Å². The van der Waals surface area contributed by atoms with Gasteiger partial charge in [-0.05, 0) is 32.0 Å². The topological polar surface area (TPSA) is 85.3 Å². The Labute approximate surface area is 110 Å². The first-order valence-corrected chi connectivity index (χ1v) is 5.76. The molecule has 0 aliphatic rings. The highest BCUT2D eigenvalue weighted by Gasteiger charge is 2.16. The van der Waals surface area contributed by atoms with Gasteiger partial charge < -0.3 is 15.5 Å². The molecule has 0 saturated carbocycles. The van der Waals surface area contributed by atoms with Gasteiger partial charge in [-0.2, -0.15) is 0 Å². The fourth-order valence-corrected chi connectivity index (χ4v) is 1.85. The lowest BCUT2D eigenvalue weighted by atomic mass is 10.1. The van der Waals surface area contributed by atoms with Gasteiger partial charge in [-0.15, -0.1) is 0 Å². The average molecular weight is 258 g/mol. The molecule has 0 unspecified atom stereocenters. The van der Waals surface area contributed by atoms with E-state index in [1.807, 2.05) is 0 Å². The summed E-state index contributed by atoms with van der Waals surface area (Å²) >= 11 is 0. The molecule has 5 heteroatoms. The van der Waals surface area contributed by atoms with Gasteiger partial charge in [0.1, 0.15) is 11.5 Å². The van der Waals surface area contributed by atoms with E-state index >= 15 is 0 Å². The van der Waals surface area contributed by atoms with E-state index in [0.717, 1.165) is 0 Å². The number of hydrogen-bond donors (Lipinski definition) is 2. The van der Waals surface area contributed by atoms with Crippen molar-refractivity contribution < 1.29 is 14.0 Å². The van der Waals surface area contributed by atoms with Gasteiger partial charge in [-0.25, -0.2) is 0 Å². The molecule has 5 nitrogen and oxygen atoms in total. The summed E-state index contributed by atoms with van der Waals surface area (Å²) in [5.41, 5.74) is 6.35. The molecule has 0 fully saturated rings. The van der Waals surface area contributed by atoms with Gasteiger partial charge in [0.2, 0.25) is 0 Å². The Morgan fingerprint density at radius 2 is 1.84 bits per heavy atom. The fraction of sp³-hybridized carbons (Fsp3) is 0.143. The normalized spacial score (nSPS) is 10.2. The first kappa shape index (κ1) is 12.9. The molecule has 0 atom stereocenters. The van der Waals surface area contributed by atoms with Crippen molar-refractivity contribution in [3.8, 4) is 0 Å². The van der Waals surface area contributed by atoms with Crippen LogP contribution in [-0.2, 0) is 0 Å². The van der Waals surface area contributed by atoms with Crippen molar-refractivity contribution in [3.63, 3.8) is 0 Å². The minimum Gasteiger partial charge on any atom is -0.466 e. The summed E-state index contributed by atoms with van der Waals surface area (Å²) in [7, 11) is 0. The van der Waals surface area contributed by atoms with Crippen LogP contribution in [0.25, 0.3) is 0 Å². The molecule has 0 radical (unpaired) electrons. The van der Waals surface area contributed by atoms with Gasteiger partial charge in [0.25, 0.3) is 11.8 Å². The molecule has 98 valence electrons. The number of hydrogen-bond acceptors (Lipinski definition) is 3. The maximum Gasteiger partial charge on any atom is 0.259 e. The summed E-state index contributed by atoms with van der Waals surface area (Å²) in [5, 5.41) is 2.66. The second-order valence-corrected chi connectivity index (χ2v) is 4.19. The maximum absolute atomic E-state index is 12.1. The summed E-state index contributed by atoms with van der Waals surface area (Å²) in [4.78, 5) is 23.4. The van der Waals surface area contributed by atoms with E-state index in [4.69, 9.17) is 10.2 Å². The molecule has 19 heavy (non-hydrogen) atoms. The van der Waals surface area contributed by atoms with Gasteiger partial charge >= 0.3 is 0 Å². The third kappa shape index (κ3) is 2.65. The highest BCUT2D eigenvalue weighted by atomic mass is 16.3. The Balaban J connectivity index is 2.29. The van der Waals surface area contributed by atoms with Gasteiger partial charge in [0.05, 0.1) is 16.8 Å². The van der Waals surface area contributed by atoms with E-state index in [2.05, 4.69) is 5.32 Å².